The highest BCUT2D eigenvalue weighted by Crippen LogP contribution is 2.19. The lowest BCUT2D eigenvalue weighted by Crippen LogP contribution is -2.03. The molecule has 116 valence electrons. The average Bonchev–Trinajstić information content (AvgIpc) is 2.53. The molecule has 0 atom stereocenters. The van der Waals surface area contributed by atoms with Gasteiger partial charge in [-0.05, 0) is 48.7 Å². The van der Waals surface area contributed by atoms with Gasteiger partial charge in [0.05, 0.1) is 0 Å². The summed E-state index contributed by atoms with van der Waals surface area (Å²) in [4.78, 5) is 12.6. The van der Waals surface area contributed by atoms with E-state index >= 15 is 0 Å². The van der Waals surface area contributed by atoms with E-state index in [1.807, 2.05) is 24.4 Å². The molecule has 0 spiro atoms. The molecule has 0 bridgehead atoms. The van der Waals surface area contributed by atoms with E-state index in [-0.39, 0.29) is 0 Å². The van der Waals surface area contributed by atoms with E-state index in [0.717, 1.165) is 22.9 Å². The quantitative estimate of drug-likeness (QED) is 0.750. The highest BCUT2D eigenvalue weighted by Gasteiger charge is 2.01. The topological polar surface area (TPSA) is 62.7 Å². The summed E-state index contributed by atoms with van der Waals surface area (Å²) in [6.07, 6.45) is 5.15. The summed E-state index contributed by atoms with van der Waals surface area (Å²) in [7, 11) is 0. The van der Waals surface area contributed by atoms with Crippen molar-refractivity contribution in [3.05, 3.63) is 71.8 Å². The second kappa shape index (κ2) is 6.87. The van der Waals surface area contributed by atoms with Crippen LogP contribution < -0.4 is 10.6 Å². The molecule has 0 aliphatic rings. The normalized spacial score (nSPS) is 10.3. The van der Waals surface area contributed by atoms with Crippen LogP contribution in [0.3, 0.4) is 0 Å². The first-order valence-corrected chi connectivity index (χ1v) is 7.49. The number of aryl methyl sites for hydroxylation is 2. The fraction of sp³-hybridized carbons (Fsp3) is 0.167. The molecule has 3 aromatic rings. The van der Waals surface area contributed by atoms with E-state index in [2.05, 4.69) is 57.6 Å². The Morgan fingerprint density at radius 3 is 2.48 bits per heavy atom. The summed E-state index contributed by atoms with van der Waals surface area (Å²) in [6, 6.07) is 12.2. The lowest BCUT2D eigenvalue weighted by molar-refractivity contribution is 1.07. The van der Waals surface area contributed by atoms with E-state index in [0.29, 0.717) is 6.54 Å². The van der Waals surface area contributed by atoms with Crippen LogP contribution in [0.25, 0.3) is 0 Å². The molecule has 0 saturated carbocycles. The van der Waals surface area contributed by atoms with Crippen molar-refractivity contribution in [2.45, 2.75) is 20.4 Å². The van der Waals surface area contributed by atoms with Gasteiger partial charge in [-0.1, -0.05) is 12.1 Å². The van der Waals surface area contributed by atoms with Crippen LogP contribution in [-0.4, -0.2) is 15.0 Å². The Labute approximate surface area is 135 Å². The van der Waals surface area contributed by atoms with Gasteiger partial charge in [0.25, 0.3) is 0 Å². The van der Waals surface area contributed by atoms with Gasteiger partial charge in [0, 0.05) is 30.7 Å². The largest absolute Gasteiger partial charge is 0.366 e. The molecule has 0 unspecified atom stereocenters. The number of nitrogens with zero attached hydrogens (tertiary/aromatic N) is 3. The van der Waals surface area contributed by atoms with E-state index in [1.165, 1.54) is 11.1 Å². The number of nitrogens with one attached hydrogen (secondary N) is 2. The lowest BCUT2D eigenvalue weighted by atomic mass is 10.1. The van der Waals surface area contributed by atoms with Crippen molar-refractivity contribution in [1.82, 2.24) is 15.0 Å². The lowest BCUT2D eigenvalue weighted by Gasteiger charge is -2.10. The van der Waals surface area contributed by atoms with Gasteiger partial charge in [-0.15, -0.1) is 0 Å². The Balaban J connectivity index is 1.69. The molecule has 0 fully saturated rings. The van der Waals surface area contributed by atoms with E-state index < -0.39 is 0 Å². The highest BCUT2D eigenvalue weighted by molar-refractivity contribution is 5.60. The molecular weight excluding hydrogens is 286 g/mol. The van der Waals surface area contributed by atoms with Crippen LogP contribution in [0.2, 0.25) is 0 Å². The zero-order chi connectivity index (χ0) is 16.1. The maximum atomic E-state index is 4.27. The van der Waals surface area contributed by atoms with Crippen molar-refractivity contribution in [3.63, 3.8) is 0 Å². The fourth-order valence-electron chi connectivity index (χ4n) is 2.41. The zero-order valence-corrected chi connectivity index (χ0v) is 13.2. The monoisotopic (exact) mass is 305 g/mol. The van der Waals surface area contributed by atoms with Crippen LogP contribution in [0.4, 0.5) is 17.3 Å². The van der Waals surface area contributed by atoms with Gasteiger partial charge in [-0.3, -0.25) is 4.98 Å². The minimum Gasteiger partial charge on any atom is -0.366 e. The van der Waals surface area contributed by atoms with Crippen LogP contribution in [-0.2, 0) is 6.54 Å². The van der Waals surface area contributed by atoms with Crippen LogP contribution in [0.5, 0.6) is 0 Å². The standard InChI is InChI=1S/C18H19N5/c1-13-6-14(2)8-16(7-13)23-18-9-17(21-12-22-18)20-11-15-4-3-5-19-10-15/h3-10,12H,11H2,1-2H3,(H2,20,21,22,23). The molecule has 2 aromatic heterocycles. The molecule has 1 aromatic carbocycles. The van der Waals surface area contributed by atoms with E-state index in [9.17, 15) is 0 Å². The summed E-state index contributed by atoms with van der Waals surface area (Å²) in [5.41, 5.74) is 4.57. The Hall–Kier alpha value is -2.95. The zero-order valence-electron chi connectivity index (χ0n) is 13.2. The van der Waals surface area contributed by atoms with Gasteiger partial charge < -0.3 is 10.6 Å². The van der Waals surface area contributed by atoms with Crippen molar-refractivity contribution in [2.24, 2.45) is 0 Å². The number of hydrogen-bond acceptors (Lipinski definition) is 5. The van der Waals surface area contributed by atoms with E-state index in [1.54, 1.807) is 12.5 Å². The number of pyridine rings is 1. The van der Waals surface area contributed by atoms with Crippen molar-refractivity contribution < 1.29 is 0 Å². The Morgan fingerprint density at radius 2 is 1.74 bits per heavy atom. The van der Waals surface area contributed by atoms with Gasteiger partial charge in [0.15, 0.2) is 0 Å². The third-order valence-electron chi connectivity index (χ3n) is 3.36. The number of rotatable bonds is 5. The van der Waals surface area contributed by atoms with Gasteiger partial charge in [-0.25, -0.2) is 9.97 Å². The molecule has 0 aliphatic carbocycles. The maximum Gasteiger partial charge on any atom is 0.135 e. The Morgan fingerprint density at radius 1 is 0.957 bits per heavy atom. The summed E-state index contributed by atoms with van der Waals surface area (Å²) in [5, 5.41) is 6.60. The molecule has 3 rings (SSSR count). The third kappa shape index (κ3) is 4.26. The summed E-state index contributed by atoms with van der Waals surface area (Å²) in [5.74, 6) is 1.54. The first kappa shape index (κ1) is 15.0. The third-order valence-corrected chi connectivity index (χ3v) is 3.36. The summed E-state index contributed by atoms with van der Waals surface area (Å²) < 4.78 is 0. The van der Waals surface area contributed by atoms with Crippen molar-refractivity contribution >= 4 is 17.3 Å². The van der Waals surface area contributed by atoms with Crippen molar-refractivity contribution in [1.29, 1.82) is 0 Å². The van der Waals surface area contributed by atoms with Gasteiger partial charge in [0.2, 0.25) is 0 Å². The average molecular weight is 305 g/mol. The highest BCUT2D eigenvalue weighted by atomic mass is 15.1. The molecule has 0 amide bonds. The molecular formula is C18H19N5. The van der Waals surface area contributed by atoms with Crippen molar-refractivity contribution in [3.8, 4) is 0 Å². The minimum absolute atomic E-state index is 0.674. The van der Waals surface area contributed by atoms with Gasteiger partial charge >= 0.3 is 0 Å². The number of hydrogen-bond donors (Lipinski definition) is 2. The minimum atomic E-state index is 0.674. The first-order valence-electron chi connectivity index (χ1n) is 7.49. The van der Waals surface area contributed by atoms with Crippen LogP contribution in [0, 0.1) is 13.8 Å². The molecule has 0 radical (unpaired) electrons. The predicted octanol–water partition coefficient (Wildman–Crippen LogP) is 3.84. The van der Waals surface area contributed by atoms with Crippen LogP contribution in [0.15, 0.2) is 55.1 Å². The van der Waals surface area contributed by atoms with Gasteiger partial charge in [0.1, 0.15) is 18.0 Å². The second-order valence-electron chi connectivity index (χ2n) is 5.50. The molecule has 5 nitrogen and oxygen atoms in total. The summed E-state index contributed by atoms with van der Waals surface area (Å²) in [6.45, 7) is 4.84. The van der Waals surface area contributed by atoms with E-state index in [4.69, 9.17) is 0 Å². The predicted molar refractivity (Wildman–Crippen MR) is 92.8 cm³/mol. The Bertz CT molecular complexity index is 766. The Kier molecular flexibility index (Phi) is 4.47. The maximum absolute atomic E-state index is 4.27. The number of aromatic nitrogens is 3. The van der Waals surface area contributed by atoms with Crippen LogP contribution >= 0.6 is 0 Å². The SMILES string of the molecule is Cc1cc(C)cc(Nc2cc(NCc3cccnc3)ncn2)c1. The molecule has 5 heteroatoms. The smallest absolute Gasteiger partial charge is 0.135 e. The first-order chi connectivity index (χ1) is 11.2. The fourth-order valence-corrected chi connectivity index (χ4v) is 2.41. The second-order valence-corrected chi connectivity index (χ2v) is 5.50. The number of anilines is 3. The molecule has 2 N–H and O–H groups in total. The van der Waals surface area contributed by atoms with Crippen LogP contribution in [0.1, 0.15) is 16.7 Å². The van der Waals surface area contributed by atoms with Gasteiger partial charge in [-0.2, -0.15) is 0 Å². The number of benzene rings is 1. The molecule has 0 saturated heterocycles. The summed E-state index contributed by atoms with van der Waals surface area (Å²) >= 11 is 0. The molecule has 2 heterocycles. The van der Waals surface area contributed by atoms with Crippen molar-refractivity contribution in [2.75, 3.05) is 10.6 Å². The molecule has 23 heavy (non-hydrogen) atoms. The molecule has 0 aliphatic heterocycles.